The Morgan fingerprint density at radius 1 is 1.55 bits per heavy atom. The second kappa shape index (κ2) is 3.75. The van der Waals surface area contributed by atoms with Gasteiger partial charge in [-0.05, 0) is 26.7 Å². The van der Waals surface area contributed by atoms with Crippen molar-refractivity contribution in [1.29, 1.82) is 0 Å². The summed E-state index contributed by atoms with van der Waals surface area (Å²) < 4.78 is 10.9. The Morgan fingerprint density at radius 2 is 2.35 bits per heavy atom. The second-order valence-electron chi connectivity index (χ2n) is 5.69. The Balaban J connectivity index is 1.88. The molecule has 0 aliphatic heterocycles. The van der Waals surface area contributed by atoms with E-state index in [2.05, 4.69) is 10.2 Å². The summed E-state index contributed by atoms with van der Waals surface area (Å²) in [5.41, 5.74) is 4.31. The SMILES string of the molecule is CCOC(=O)c1oc2c(c1C)-c1[nH]ncc1C1(CC1)C2. The van der Waals surface area contributed by atoms with E-state index in [1.54, 1.807) is 6.92 Å². The lowest BCUT2D eigenvalue weighted by molar-refractivity contribution is 0.0486. The third-order valence-electron chi connectivity index (χ3n) is 4.49. The molecule has 2 aromatic rings. The Bertz CT molecular complexity index is 707. The van der Waals surface area contributed by atoms with Crippen molar-refractivity contribution in [2.24, 2.45) is 0 Å². The predicted octanol–water partition coefficient (Wildman–Crippen LogP) is 2.74. The third-order valence-corrected chi connectivity index (χ3v) is 4.49. The van der Waals surface area contributed by atoms with Crippen LogP contribution in [0, 0.1) is 6.92 Å². The van der Waals surface area contributed by atoms with Gasteiger partial charge in [0.1, 0.15) is 5.76 Å². The van der Waals surface area contributed by atoms with E-state index in [1.165, 1.54) is 5.56 Å². The first-order chi connectivity index (χ1) is 9.66. The highest BCUT2D eigenvalue weighted by molar-refractivity contribution is 5.92. The molecule has 1 spiro atoms. The smallest absolute Gasteiger partial charge is 0.374 e. The van der Waals surface area contributed by atoms with Crippen LogP contribution in [0.2, 0.25) is 0 Å². The Morgan fingerprint density at radius 3 is 3.05 bits per heavy atom. The summed E-state index contributed by atoms with van der Waals surface area (Å²) in [6.07, 6.45) is 5.10. The van der Waals surface area contributed by atoms with E-state index in [-0.39, 0.29) is 11.4 Å². The monoisotopic (exact) mass is 272 g/mol. The summed E-state index contributed by atoms with van der Waals surface area (Å²) in [5.74, 6) is 0.834. The van der Waals surface area contributed by atoms with Gasteiger partial charge in [0.15, 0.2) is 0 Å². The molecule has 2 aliphatic rings. The van der Waals surface area contributed by atoms with E-state index in [4.69, 9.17) is 9.15 Å². The number of esters is 1. The van der Waals surface area contributed by atoms with Crippen LogP contribution in [0.4, 0.5) is 0 Å². The highest BCUT2D eigenvalue weighted by atomic mass is 16.5. The molecule has 0 bridgehead atoms. The number of fused-ring (bicyclic) bond motifs is 4. The van der Waals surface area contributed by atoms with Crippen LogP contribution in [-0.4, -0.2) is 22.8 Å². The number of nitrogens with zero attached hydrogens (tertiary/aromatic N) is 1. The van der Waals surface area contributed by atoms with Gasteiger partial charge in [0.25, 0.3) is 0 Å². The van der Waals surface area contributed by atoms with E-state index in [0.29, 0.717) is 12.4 Å². The molecule has 0 unspecified atom stereocenters. The van der Waals surface area contributed by atoms with Crippen molar-refractivity contribution in [3.05, 3.63) is 28.8 Å². The zero-order chi connectivity index (χ0) is 13.9. The average Bonchev–Trinajstić information content (AvgIpc) is 2.86. The molecule has 5 nitrogen and oxygen atoms in total. The standard InChI is InChI=1S/C15H16N2O3/c1-3-19-14(18)13-8(2)11-10(20-13)6-15(4-5-15)9-7-16-17-12(9)11/h7H,3-6H2,1-2H3,(H,16,17). The highest BCUT2D eigenvalue weighted by Gasteiger charge is 2.51. The average molecular weight is 272 g/mol. The van der Waals surface area contributed by atoms with Crippen molar-refractivity contribution in [3.8, 4) is 11.3 Å². The van der Waals surface area contributed by atoms with Gasteiger partial charge in [0.2, 0.25) is 5.76 Å². The zero-order valence-corrected chi connectivity index (χ0v) is 11.6. The molecular weight excluding hydrogens is 256 g/mol. The largest absolute Gasteiger partial charge is 0.460 e. The summed E-state index contributed by atoms with van der Waals surface area (Å²) in [6, 6.07) is 0. The van der Waals surface area contributed by atoms with Gasteiger partial charge in [-0.3, -0.25) is 5.10 Å². The number of nitrogens with one attached hydrogen (secondary N) is 1. The van der Waals surface area contributed by atoms with Crippen LogP contribution >= 0.6 is 0 Å². The number of carbonyl (C=O) groups excluding carboxylic acids is 1. The molecule has 2 aromatic heterocycles. The summed E-state index contributed by atoms with van der Waals surface area (Å²) in [7, 11) is 0. The quantitative estimate of drug-likeness (QED) is 0.853. The van der Waals surface area contributed by atoms with Gasteiger partial charge in [0, 0.05) is 28.5 Å². The lowest BCUT2D eigenvalue weighted by Crippen LogP contribution is -2.15. The number of H-pyrrole nitrogens is 1. The second-order valence-corrected chi connectivity index (χ2v) is 5.69. The van der Waals surface area contributed by atoms with Gasteiger partial charge in [-0.1, -0.05) is 0 Å². The maximum Gasteiger partial charge on any atom is 0.374 e. The molecule has 5 heteroatoms. The van der Waals surface area contributed by atoms with Crippen molar-refractivity contribution < 1.29 is 13.9 Å². The molecule has 2 aliphatic carbocycles. The Labute approximate surface area is 116 Å². The topological polar surface area (TPSA) is 68.1 Å². The van der Waals surface area contributed by atoms with Crippen LogP contribution in [0.15, 0.2) is 10.6 Å². The lowest BCUT2D eigenvalue weighted by Gasteiger charge is -2.20. The van der Waals surface area contributed by atoms with Gasteiger partial charge in [0.05, 0.1) is 18.5 Å². The highest BCUT2D eigenvalue weighted by Crippen LogP contribution is 2.57. The van der Waals surface area contributed by atoms with Crippen LogP contribution in [0.1, 0.15) is 47.2 Å². The van der Waals surface area contributed by atoms with Crippen molar-refractivity contribution in [2.75, 3.05) is 6.61 Å². The number of carbonyl (C=O) groups is 1. The molecular formula is C15H16N2O3. The van der Waals surface area contributed by atoms with E-state index in [0.717, 1.165) is 41.8 Å². The normalized spacial score (nSPS) is 17.7. The zero-order valence-electron chi connectivity index (χ0n) is 11.6. The number of ether oxygens (including phenoxy) is 1. The van der Waals surface area contributed by atoms with Gasteiger partial charge >= 0.3 is 5.97 Å². The number of aromatic amines is 1. The molecule has 0 radical (unpaired) electrons. The van der Waals surface area contributed by atoms with E-state index in [1.807, 2.05) is 13.1 Å². The van der Waals surface area contributed by atoms with Crippen molar-refractivity contribution in [1.82, 2.24) is 10.2 Å². The molecule has 1 N–H and O–H groups in total. The van der Waals surface area contributed by atoms with E-state index < -0.39 is 0 Å². The predicted molar refractivity (Wildman–Crippen MR) is 71.6 cm³/mol. The molecule has 0 saturated heterocycles. The first-order valence-corrected chi connectivity index (χ1v) is 7.00. The minimum absolute atomic E-state index is 0.186. The van der Waals surface area contributed by atoms with Crippen molar-refractivity contribution >= 4 is 5.97 Å². The third kappa shape index (κ3) is 1.38. The number of aromatic nitrogens is 2. The molecule has 4 rings (SSSR count). The number of rotatable bonds is 2. The maximum absolute atomic E-state index is 12.0. The van der Waals surface area contributed by atoms with E-state index in [9.17, 15) is 4.79 Å². The van der Waals surface area contributed by atoms with Gasteiger partial charge in [-0.15, -0.1) is 0 Å². The van der Waals surface area contributed by atoms with Crippen LogP contribution in [0.25, 0.3) is 11.3 Å². The number of hydrogen-bond donors (Lipinski definition) is 1. The fourth-order valence-corrected chi connectivity index (χ4v) is 3.29. The van der Waals surface area contributed by atoms with Gasteiger partial charge in [-0.25, -0.2) is 4.79 Å². The molecule has 0 atom stereocenters. The first kappa shape index (κ1) is 11.8. The van der Waals surface area contributed by atoms with Gasteiger partial charge in [-0.2, -0.15) is 5.10 Å². The fraction of sp³-hybridized carbons (Fsp3) is 0.467. The fourth-order valence-electron chi connectivity index (χ4n) is 3.29. The number of furan rings is 1. The van der Waals surface area contributed by atoms with E-state index >= 15 is 0 Å². The molecule has 2 heterocycles. The van der Waals surface area contributed by atoms with Crippen LogP contribution in [0.3, 0.4) is 0 Å². The summed E-state index contributed by atoms with van der Waals surface area (Å²) in [4.78, 5) is 12.0. The molecule has 1 fully saturated rings. The first-order valence-electron chi connectivity index (χ1n) is 7.00. The Kier molecular flexibility index (Phi) is 2.20. The molecule has 0 aromatic carbocycles. The molecule has 20 heavy (non-hydrogen) atoms. The minimum Gasteiger partial charge on any atom is -0.460 e. The summed E-state index contributed by atoms with van der Waals surface area (Å²) in [5, 5.41) is 7.26. The van der Waals surface area contributed by atoms with Crippen molar-refractivity contribution in [2.45, 2.75) is 38.5 Å². The molecule has 1 saturated carbocycles. The maximum atomic E-state index is 12.0. The van der Waals surface area contributed by atoms with Crippen LogP contribution in [0.5, 0.6) is 0 Å². The van der Waals surface area contributed by atoms with Gasteiger partial charge < -0.3 is 9.15 Å². The minimum atomic E-state index is -0.384. The Hall–Kier alpha value is -2.04. The van der Waals surface area contributed by atoms with Crippen LogP contribution < -0.4 is 0 Å². The lowest BCUT2D eigenvalue weighted by atomic mass is 9.82. The van der Waals surface area contributed by atoms with Crippen molar-refractivity contribution in [3.63, 3.8) is 0 Å². The summed E-state index contributed by atoms with van der Waals surface area (Å²) >= 11 is 0. The molecule has 0 amide bonds. The summed E-state index contributed by atoms with van der Waals surface area (Å²) in [6.45, 7) is 4.05. The number of hydrogen-bond acceptors (Lipinski definition) is 4. The van der Waals surface area contributed by atoms with Crippen LogP contribution in [-0.2, 0) is 16.6 Å². The molecule has 104 valence electrons.